The number of nitrogens with zero attached hydrogens (tertiary/aromatic N) is 2. The zero-order chi connectivity index (χ0) is 14.7. The summed E-state index contributed by atoms with van der Waals surface area (Å²) >= 11 is 0. The summed E-state index contributed by atoms with van der Waals surface area (Å²) in [5, 5.41) is 9.30. The average Bonchev–Trinajstić information content (AvgIpc) is 2.80. The summed E-state index contributed by atoms with van der Waals surface area (Å²) in [5.74, 6) is 1.10. The van der Waals surface area contributed by atoms with Crippen molar-refractivity contribution in [1.82, 2.24) is 9.80 Å². The average molecular weight is 276 g/mol. The molecule has 20 heavy (non-hydrogen) atoms. The molecule has 0 amide bonds. The molecule has 0 saturated carbocycles. The Kier molecular flexibility index (Phi) is 5.06. The molecule has 3 heteroatoms. The van der Waals surface area contributed by atoms with Gasteiger partial charge in [-0.15, -0.1) is 0 Å². The fraction of sp³-hybridized carbons (Fsp3) is 0.647. The summed E-state index contributed by atoms with van der Waals surface area (Å²) < 4.78 is 0. The van der Waals surface area contributed by atoms with Gasteiger partial charge in [0.1, 0.15) is 5.75 Å². The summed E-state index contributed by atoms with van der Waals surface area (Å²) in [5.41, 5.74) is 1.31. The van der Waals surface area contributed by atoms with Crippen LogP contribution >= 0.6 is 0 Å². The highest BCUT2D eigenvalue weighted by atomic mass is 16.3. The van der Waals surface area contributed by atoms with Crippen LogP contribution in [0, 0.1) is 5.92 Å². The van der Waals surface area contributed by atoms with Gasteiger partial charge in [-0.25, -0.2) is 0 Å². The molecule has 3 atom stereocenters. The molecular formula is C17H28N2O. The van der Waals surface area contributed by atoms with Crippen molar-refractivity contribution in [2.75, 3.05) is 27.2 Å². The molecule has 3 nitrogen and oxygen atoms in total. The molecule has 1 heterocycles. The Hall–Kier alpha value is -1.06. The zero-order valence-corrected chi connectivity index (χ0v) is 13.2. The Labute approximate surface area is 123 Å². The number of hydrogen-bond acceptors (Lipinski definition) is 3. The minimum atomic E-state index is 0.351. The van der Waals surface area contributed by atoms with Gasteiger partial charge >= 0.3 is 0 Å². The van der Waals surface area contributed by atoms with E-state index in [-0.39, 0.29) is 0 Å². The third kappa shape index (κ3) is 3.74. The van der Waals surface area contributed by atoms with E-state index in [1.165, 1.54) is 25.1 Å². The van der Waals surface area contributed by atoms with Crippen molar-refractivity contribution >= 4 is 0 Å². The third-order valence-electron chi connectivity index (χ3n) is 4.67. The molecule has 1 aromatic rings. The molecule has 0 spiro atoms. The maximum absolute atomic E-state index is 9.30. The number of aromatic hydroxyl groups is 1. The lowest BCUT2D eigenvalue weighted by molar-refractivity contribution is 0.217. The van der Waals surface area contributed by atoms with Crippen molar-refractivity contribution in [2.45, 2.75) is 38.8 Å². The standard InChI is InChI=1S/C17H28N2O/c1-13-11-19(12-17(13)18(3)4)14(2)5-6-15-7-9-16(20)10-8-15/h7-10,13-14,17,20H,5-6,11-12H2,1-4H3. The normalized spacial score (nSPS) is 25.2. The van der Waals surface area contributed by atoms with Crippen molar-refractivity contribution in [1.29, 1.82) is 0 Å². The molecule has 1 saturated heterocycles. The van der Waals surface area contributed by atoms with Crippen LogP contribution in [0.3, 0.4) is 0 Å². The lowest BCUT2D eigenvalue weighted by atomic mass is 10.1. The number of phenolic OH excluding ortho intramolecular Hbond substituents is 1. The SMILES string of the molecule is CC1CN(C(C)CCc2ccc(O)cc2)CC1N(C)C. The number of hydrogen-bond donors (Lipinski definition) is 1. The van der Waals surface area contributed by atoms with E-state index in [2.05, 4.69) is 37.7 Å². The van der Waals surface area contributed by atoms with Gasteiger partial charge in [0, 0.05) is 25.2 Å². The number of likely N-dealkylation sites (tertiary alicyclic amines) is 1. The van der Waals surface area contributed by atoms with E-state index in [1.54, 1.807) is 12.1 Å². The molecule has 2 rings (SSSR count). The highest BCUT2D eigenvalue weighted by Crippen LogP contribution is 2.23. The van der Waals surface area contributed by atoms with Crippen molar-refractivity contribution in [2.24, 2.45) is 5.92 Å². The third-order valence-corrected chi connectivity index (χ3v) is 4.67. The van der Waals surface area contributed by atoms with E-state index in [1.807, 2.05) is 12.1 Å². The molecule has 0 radical (unpaired) electrons. The second-order valence-corrected chi connectivity index (χ2v) is 6.52. The lowest BCUT2D eigenvalue weighted by Crippen LogP contribution is -2.36. The summed E-state index contributed by atoms with van der Waals surface area (Å²) in [4.78, 5) is 4.98. The van der Waals surface area contributed by atoms with Crippen molar-refractivity contribution in [3.63, 3.8) is 0 Å². The number of rotatable bonds is 5. The Morgan fingerprint density at radius 2 is 1.90 bits per heavy atom. The molecule has 112 valence electrons. The number of phenols is 1. The molecular weight excluding hydrogens is 248 g/mol. The van der Waals surface area contributed by atoms with Crippen LogP contribution in [0.4, 0.5) is 0 Å². The Morgan fingerprint density at radius 1 is 1.25 bits per heavy atom. The Balaban J connectivity index is 1.83. The van der Waals surface area contributed by atoms with Gasteiger partial charge in [-0.2, -0.15) is 0 Å². The van der Waals surface area contributed by atoms with Gasteiger partial charge in [0.25, 0.3) is 0 Å². The van der Waals surface area contributed by atoms with Gasteiger partial charge in [0.05, 0.1) is 0 Å². The number of aryl methyl sites for hydroxylation is 1. The van der Waals surface area contributed by atoms with Gasteiger partial charge < -0.3 is 10.0 Å². The molecule has 1 aliphatic rings. The first-order valence-electron chi connectivity index (χ1n) is 7.65. The van der Waals surface area contributed by atoms with Crippen LogP contribution in [0.15, 0.2) is 24.3 Å². The highest BCUT2D eigenvalue weighted by molar-refractivity contribution is 5.25. The van der Waals surface area contributed by atoms with Crippen LogP contribution in [-0.4, -0.2) is 54.2 Å². The first-order valence-corrected chi connectivity index (χ1v) is 7.65. The van der Waals surface area contributed by atoms with Crippen molar-refractivity contribution in [3.05, 3.63) is 29.8 Å². The van der Waals surface area contributed by atoms with Crippen LogP contribution in [0.1, 0.15) is 25.8 Å². The summed E-state index contributed by atoms with van der Waals surface area (Å²) in [6, 6.07) is 8.91. The van der Waals surface area contributed by atoms with Gasteiger partial charge in [-0.05, 0) is 57.5 Å². The molecule has 3 unspecified atom stereocenters. The van der Waals surface area contributed by atoms with E-state index in [4.69, 9.17) is 0 Å². The quantitative estimate of drug-likeness (QED) is 0.895. The van der Waals surface area contributed by atoms with Crippen LogP contribution in [0.25, 0.3) is 0 Å². The fourth-order valence-corrected chi connectivity index (χ4v) is 3.24. The number of likely N-dealkylation sites (N-methyl/N-ethyl adjacent to an activating group) is 1. The molecule has 1 aliphatic heterocycles. The van der Waals surface area contributed by atoms with Crippen molar-refractivity contribution < 1.29 is 5.11 Å². The second kappa shape index (κ2) is 6.59. The Morgan fingerprint density at radius 3 is 2.45 bits per heavy atom. The molecule has 1 N–H and O–H groups in total. The fourth-order valence-electron chi connectivity index (χ4n) is 3.24. The smallest absolute Gasteiger partial charge is 0.115 e. The zero-order valence-electron chi connectivity index (χ0n) is 13.2. The molecule has 1 fully saturated rings. The van der Waals surface area contributed by atoms with E-state index < -0.39 is 0 Å². The van der Waals surface area contributed by atoms with Crippen LogP contribution < -0.4 is 0 Å². The highest BCUT2D eigenvalue weighted by Gasteiger charge is 2.32. The van der Waals surface area contributed by atoms with E-state index in [9.17, 15) is 5.11 Å². The summed E-state index contributed by atoms with van der Waals surface area (Å²) in [6.45, 7) is 7.09. The minimum Gasteiger partial charge on any atom is -0.508 e. The van der Waals surface area contributed by atoms with Gasteiger partial charge in [0.15, 0.2) is 0 Å². The van der Waals surface area contributed by atoms with Gasteiger partial charge in [-0.3, -0.25) is 4.90 Å². The van der Waals surface area contributed by atoms with Crippen molar-refractivity contribution in [3.8, 4) is 5.75 Å². The van der Waals surface area contributed by atoms with Crippen LogP contribution in [-0.2, 0) is 6.42 Å². The van der Waals surface area contributed by atoms with Crippen LogP contribution in [0.2, 0.25) is 0 Å². The predicted molar refractivity (Wildman–Crippen MR) is 84.1 cm³/mol. The second-order valence-electron chi connectivity index (χ2n) is 6.52. The van der Waals surface area contributed by atoms with E-state index >= 15 is 0 Å². The molecule has 0 bridgehead atoms. The maximum atomic E-state index is 9.30. The van der Waals surface area contributed by atoms with E-state index in [0.29, 0.717) is 17.8 Å². The van der Waals surface area contributed by atoms with Crippen LogP contribution in [0.5, 0.6) is 5.75 Å². The van der Waals surface area contributed by atoms with Gasteiger partial charge in [-0.1, -0.05) is 19.1 Å². The number of benzene rings is 1. The summed E-state index contributed by atoms with van der Waals surface area (Å²) in [6.07, 6.45) is 2.26. The Bertz CT molecular complexity index is 416. The largest absolute Gasteiger partial charge is 0.508 e. The molecule has 1 aromatic carbocycles. The lowest BCUT2D eigenvalue weighted by Gasteiger charge is -2.26. The van der Waals surface area contributed by atoms with Gasteiger partial charge in [0.2, 0.25) is 0 Å². The maximum Gasteiger partial charge on any atom is 0.115 e. The monoisotopic (exact) mass is 276 g/mol. The molecule has 0 aliphatic carbocycles. The molecule has 0 aromatic heterocycles. The predicted octanol–water partition coefficient (Wildman–Crippen LogP) is 2.60. The topological polar surface area (TPSA) is 26.7 Å². The minimum absolute atomic E-state index is 0.351. The summed E-state index contributed by atoms with van der Waals surface area (Å²) in [7, 11) is 4.37. The first-order chi connectivity index (χ1) is 9.47. The first kappa shape index (κ1) is 15.3. The van der Waals surface area contributed by atoms with E-state index in [0.717, 1.165) is 12.3 Å².